The minimum Gasteiger partial charge on any atom is -0.376 e. The quantitative estimate of drug-likeness (QED) is 0.597. The van der Waals surface area contributed by atoms with E-state index in [9.17, 15) is 5.11 Å². The van der Waals surface area contributed by atoms with Crippen molar-refractivity contribution < 1.29 is 5.11 Å². The minimum atomic E-state index is -0.767. The van der Waals surface area contributed by atoms with Crippen molar-refractivity contribution in [3.8, 4) is 12.3 Å². The average molecular weight is 146 g/mol. The summed E-state index contributed by atoms with van der Waals surface area (Å²) < 4.78 is 0. The number of benzene rings is 1. The van der Waals surface area contributed by atoms with Gasteiger partial charge < -0.3 is 5.11 Å². The van der Waals surface area contributed by atoms with Crippen LogP contribution in [-0.2, 0) is 0 Å². The maximum absolute atomic E-state index is 9.27. The summed E-state index contributed by atoms with van der Waals surface area (Å²) in [6.07, 6.45) is 4.31. The number of aliphatic hydroxyl groups is 1. The molecule has 11 heavy (non-hydrogen) atoms. The summed E-state index contributed by atoms with van der Waals surface area (Å²) in [5.41, 5.74) is 1.84. The van der Waals surface area contributed by atoms with Gasteiger partial charge in [-0.3, -0.25) is 0 Å². The number of terminal acetylenes is 1. The van der Waals surface area contributed by atoms with Gasteiger partial charge in [0, 0.05) is 0 Å². The second-order valence-electron chi connectivity index (χ2n) is 2.43. The molecule has 0 fully saturated rings. The highest BCUT2D eigenvalue weighted by Crippen LogP contribution is 2.15. The molecule has 56 valence electrons. The first-order chi connectivity index (χ1) is 5.25. The van der Waals surface area contributed by atoms with Crippen molar-refractivity contribution in [3.05, 3.63) is 35.4 Å². The van der Waals surface area contributed by atoms with Crippen LogP contribution in [0.15, 0.2) is 24.3 Å². The molecule has 0 radical (unpaired) electrons. The maximum atomic E-state index is 9.27. The van der Waals surface area contributed by atoms with Gasteiger partial charge in [-0.15, -0.1) is 6.42 Å². The number of aliphatic hydroxyl groups excluding tert-OH is 1. The third-order valence-electron chi connectivity index (χ3n) is 1.64. The maximum Gasteiger partial charge on any atom is 0.140 e. The van der Waals surface area contributed by atoms with E-state index in [-0.39, 0.29) is 0 Å². The Morgan fingerprint density at radius 1 is 1.45 bits per heavy atom. The predicted octanol–water partition coefficient (Wildman–Crippen LogP) is 1.66. The van der Waals surface area contributed by atoms with E-state index in [0.717, 1.165) is 11.1 Å². The molecule has 0 spiro atoms. The van der Waals surface area contributed by atoms with Crippen LogP contribution in [0.5, 0.6) is 0 Å². The normalized spacial score (nSPS) is 12.1. The number of rotatable bonds is 1. The van der Waals surface area contributed by atoms with Gasteiger partial charge in [0.25, 0.3) is 0 Å². The highest BCUT2D eigenvalue weighted by atomic mass is 16.3. The molecule has 0 aliphatic carbocycles. The molecule has 0 aliphatic heterocycles. The summed E-state index contributed by atoms with van der Waals surface area (Å²) in [5, 5.41) is 9.27. The summed E-state index contributed by atoms with van der Waals surface area (Å²) in [5.74, 6) is 2.28. The van der Waals surface area contributed by atoms with Crippen molar-refractivity contribution in [2.75, 3.05) is 0 Å². The SMILES string of the molecule is C#C[C@H](O)c1ccccc1C. The Hall–Kier alpha value is -1.26. The first kappa shape index (κ1) is 7.84. The van der Waals surface area contributed by atoms with Crippen molar-refractivity contribution in [2.45, 2.75) is 13.0 Å². The van der Waals surface area contributed by atoms with Crippen LogP contribution in [0.1, 0.15) is 17.2 Å². The average Bonchev–Trinajstić information content (AvgIpc) is 2.04. The van der Waals surface area contributed by atoms with Crippen LogP contribution < -0.4 is 0 Å². The van der Waals surface area contributed by atoms with Gasteiger partial charge in [0.15, 0.2) is 0 Å². The van der Waals surface area contributed by atoms with E-state index in [1.165, 1.54) is 0 Å². The second kappa shape index (κ2) is 3.23. The molecule has 0 aliphatic rings. The lowest BCUT2D eigenvalue weighted by Gasteiger charge is -2.05. The zero-order valence-corrected chi connectivity index (χ0v) is 6.41. The van der Waals surface area contributed by atoms with E-state index in [0.29, 0.717) is 0 Å². The number of aryl methyl sites for hydroxylation is 1. The molecule has 1 nitrogen and oxygen atoms in total. The molecular formula is C10H10O. The van der Waals surface area contributed by atoms with Gasteiger partial charge in [0.1, 0.15) is 6.10 Å². The molecule has 0 aromatic heterocycles. The number of hydrogen-bond donors (Lipinski definition) is 1. The fourth-order valence-electron chi connectivity index (χ4n) is 0.983. The highest BCUT2D eigenvalue weighted by Gasteiger charge is 2.04. The summed E-state index contributed by atoms with van der Waals surface area (Å²) in [6, 6.07) is 7.54. The van der Waals surface area contributed by atoms with Crippen molar-refractivity contribution in [3.63, 3.8) is 0 Å². The van der Waals surface area contributed by atoms with E-state index in [1.54, 1.807) is 0 Å². The molecular weight excluding hydrogens is 136 g/mol. The van der Waals surface area contributed by atoms with E-state index < -0.39 is 6.10 Å². The Kier molecular flexibility index (Phi) is 2.30. The molecule has 0 heterocycles. The molecule has 1 aromatic rings. The zero-order valence-electron chi connectivity index (χ0n) is 6.41. The van der Waals surface area contributed by atoms with Gasteiger partial charge in [-0.25, -0.2) is 0 Å². The second-order valence-corrected chi connectivity index (χ2v) is 2.43. The third kappa shape index (κ3) is 1.60. The third-order valence-corrected chi connectivity index (χ3v) is 1.64. The van der Waals surface area contributed by atoms with Crippen LogP contribution >= 0.6 is 0 Å². The van der Waals surface area contributed by atoms with Crippen LogP contribution in [0.4, 0.5) is 0 Å². The minimum absolute atomic E-state index is 0.767. The van der Waals surface area contributed by atoms with E-state index in [4.69, 9.17) is 6.42 Å². The van der Waals surface area contributed by atoms with Gasteiger partial charge >= 0.3 is 0 Å². The topological polar surface area (TPSA) is 20.2 Å². The Bertz CT molecular complexity index is 283. The van der Waals surface area contributed by atoms with Gasteiger partial charge in [-0.05, 0) is 18.1 Å². The van der Waals surface area contributed by atoms with Crippen molar-refractivity contribution >= 4 is 0 Å². The highest BCUT2D eigenvalue weighted by molar-refractivity contribution is 5.31. The van der Waals surface area contributed by atoms with Gasteiger partial charge in [0.2, 0.25) is 0 Å². The fraction of sp³-hybridized carbons (Fsp3) is 0.200. The lowest BCUT2D eigenvalue weighted by Crippen LogP contribution is -1.95. The van der Waals surface area contributed by atoms with E-state index in [1.807, 2.05) is 31.2 Å². The molecule has 1 aromatic carbocycles. The van der Waals surface area contributed by atoms with E-state index >= 15 is 0 Å². The van der Waals surface area contributed by atoms with Crippen molar-refractivity contribution in [1.82, 2.24) is 0 Å². The Balaban J connectivity index is 3.05. The molecule has 1 heteroatoms. The predicted molar refractivity (Wildman–Crippen MR) is 45.0 cm³/mol. The zero-order chi connectivity index (χ0) is 8.27. The van der Waals surface area contributed by atoms with Gasteiger partial charge in [0.05, 0.1) is 0 Å². The summed E-state index contributed by atoms with van der Waals surface area (Å²) in [7, 11) is 0. The Labute approximate surface area is 66.7 Å². The van der Waals surface area contributed by atoms with Crippen LogP contribution in [0.3, 0.4) is 0 Å². The standard InChI is InChI=1S/C10H10O/c1-3-10(11)9-7-5-4-6-8(9)2/h1,4-7,10-11H,2H3/t10-/m0/s1. The lowest BCUT2D eigenvalue weighted by molar-refractivity contribution is 0.238. The molecule has 1 atom stereocenters. The first-order valence-electron chi connectivity index (χ1n) is 3.45. The van der Waals surface area contributed by atoms with Crippen LogP contribution in [-0.4, -0.2) is 5.11 Å². The summed E-state index contributed by atoms with van der Waals surface area (Å²) in [4.78, 5) is 0. The van der Waals surface area contributed by atoms with Crippen molar-refractivity contribution in [2.24, 2.45) is 0 Å². The largest absolute Gasteiger partial charge is 0.376 e. The molecule has 0 bridgehead atoms. The Morgan fingerprint density at radius 3 is 2.64 bits per heavy atom. The smallest absolute Gasteiger partial charge is 0.140 e. The molecule has 1 rings (SSSR count). The fourth-order valence-corrected chi connectivity index (χ4v) is 0.983. The molecule has 0 saturated heterocycles. The van der Waals surface area contributed by atoms with E-state index in [2.05, 4.69) is 5.92 Å². The molecule has 0 unspecified atom stereocenters. The molecule has 0 saturated carbocycles. The lowest BCUT2D eigenvalue weighted by atomic mass is 10.0. The van der Waals surface area contributed by atoms with Gasteiger partial charge in [-0.1, -0.05) is 30.2 Å². The van der Waals surface area contributed by atoms with Gasteiger partial charge in [-0.2, -0.15) is 0 Å². The van der Waals surface area contributed by atoms with Crippen LogP contribution in [0, 0.1) is 19.3 Å². The molecule has 0 amide bonds. The van der Waals surface area contributed by atoms with Crippen LogP contribution in [0.25, 0.3) is 0 Å². The first-order valence-corrected chi connectivity index (χ1v) is 3.45. The van der Waals surface area contributed by atoms with Crippen LogP contribution in [0.2, 0.25) is 0 Å². The van der Waals surface area contributed by atoms with Crippen molar-refractivity contribution in [1.29, 1.82) is 0 Å². The molecule has 1 N–H and O–H groups in total. The summed E-state index contributed by atoms with van der Waals surface area (Å²) in [6.45, 7) is 1.93. The Morgan fingerprint density at radius 2 is 2.09 bits per heavy atom. The monoisotopic (exact) mass is 146 g/mol. The summed E-state index contributed by atoms with van der Waals surface area (Å²) >= 11 is 0. The number of hydrogen-bond acceptors (Lipinski definition) is 1.